The third-order valence-electron chi connectivity index (χ3n) is 2.47. The molecule has 5 heteroatoms. The Morgan fingerprint density at radius 2 is 2.15 bits per heavy atom. The second-order valence-electron chi connectivity index (χ2n) is 3.45. The standard InChI is InChI=1S/C8H12ClF2NO/c1-5(6-3-2-4-6)12-7(13)8(9,10)11/h5-6H,2-4H2,1H3,(H,12,13)/t5-/m1/s1. The summed E-state index contributed by atoms with van der Waals surface area (Å²) in [5.41, 5.74) is 0. The van der Waals surface area contributed by atoms with E-state index in [0.717, 1.165) is 19.3 Å². The highest BCUT2D eigenvalue weighted by Gasteiger charge is 2.38. The van der Waals surface area contributed by atoms with Crippen LogP contribution >= 0.6 is 11.6 Å². The monoisotopic (exact) mass is 211 g/mol. The molecule has 1 saturated carbocycles. The maximum atomic E-state index is 12.2. The molecule has 1 rings (SSSR count). The molecule has 0 heterocycles. The summed E-state index contributed by atoms with van der Waals surface area (Å²) in [6.07, 6.45) is 3.10. The second kappa shape index (κ2) is 3.78. The molecule has 0 aliphatic heterocycles. The Hall–Kier alpha value is -0.380. The van der Waals surface area contributed by atoms with Crippen LogP contribution in [0, 0.1) is 5.92 Å². The van der Waals surface area contributed by atoms with Crippen LogP contribution < -0.4 is 5.32 Å². The van der Waals surface area contributed by atoms with Crippen molar-refractivity contribution in [2.45, 2.75) is 37.6 Å². The fourth-order valence-corrected chi connectivity index (χ4v) is 1.40. The number of amides is 1. The third-order valence-corrected chi connectivity index (χ3v) is 2.64. The summed E-state index contributed by atoms with van der Waals surface area (Å²) in [4.78, 5) is 10.7. The van der Waals surface area contributed by atoms with Crippen LogP contribution in [0.15, 0.2) is 0 Å². The molecule has 2 nitrogen and oxygen atoms in total. The van der Waals surface area contributed by atoms with E-state index in [0.29, 0.717) is 5.92 Å². The zero-order valence-electron chi connectivity index (χ0n) is 7.32. The van der Waals surface area contributed by atoms with Crippen LogP contribution in [0.25, 0.3) is 0 Å². The Kier molecular flexibility index (Phi) is 3.11. The van der Waals surface area contributed by atoms with Crippen LogP contribution in [0.5, 0.6) is 0 Å². The van der Waals surface area contributed by atoms with Gasteiger partial charge >= 0.3 is 11.3 Å². The molecule has 13 heavy (non-hydrogen) atoms. The quantitative estimate of drug-likeness (QED) is 0.712. The summed E-state index contributed by atoms with van der Waals surface area (Å²) in [6.45, 7) is 1.73. The van der Waals surface area contributed by atoms with Gasteiger partial charge in [-0.15, -0.1) is 0 Å². The Bertz CT molecular complexity index is 201. The minimum absolute atomic E-state index is 0.203. The highest BCUT2D eigenvalue weighted by molar-refractivity contribution is 6.32. The highest BCUT2D eigenvalue weighted by Crippen LogP contribution is 2.30. The van der Waals surface area contributed by atoms with Crippen LogP contribution in [0.1, 0.15) is 26.2 Å². The van der Waals surface area contributed by atoms with Gasteiger partial charge in [0.05, 0.1) is 0 Å². The molecule has 1 atom stereocenters. The predicted molar refractivity (Wildman–Crippen MR) is 45.7 cm³/mol. The van der Waals surface area contributed by atoms with E-state index >= 15 is 0 Å². The molecule has 76 valence electrons. The van der Waals surface area contributed by atoms with Crippen molar-refractivity contribution < 1.29 is 13.6 Å². The summed E-state index contributed by atoms with van der Waals surface area (Å²) in [7, 11) is 0. The van der Waals surface area contributed by atoms with Gasteiger partial charge in [-0.1, -0.05) is 6.42 Å². The van der Waals surface area contributed by atoms with E-state index in [1.54, 1.807) is 6.92 Å². The van der Waals surface area contributed by atoms with E-state index in [4.69, 9.17) is 0 Å². The molecule has 1 aliphatic rings. The molecule has 1 fully saturated rings. The van der Waals surface area contributed by atoms with E-state index in [9.17, 15) is 13.6 Å². The molecule has 1 aliphatic carbocycles. The van der Waals surface area contributed by atoms with Gasteiger partial charge in [0.25, 0.3) is 0 Å². The predicted octanol–water partition coefficient (Wildman–Crippen LogP) is 2.12. The lowest BCUT2D eigenvalue weighted by molar-refractivity contribution is -0.136. The summed E-state index contributed by atoms with van der Waals surface area (Å²) in [5, 5.41) is -1.58. The van der Waals surface area contributed by atoms with Crippen molar-refractivity contribution in [3.8, 4) is 0 Å². The highest BCUT2D eigenvalue weighted by atomic mass is 35.5. The van der Waals surface area contributed by atoms with Gasteiger partial charge in [-0.25, -0.2) is 0 Å². The number of hydrogen-bond acceptors (Lipinski definition) is 1. The molecule has 0 unspecified atom stereocenters. The number of carbonyl (C=O) groups excluding carboxylic acids is 1. The molecule has 0 aromatic carbocycles. The van der Waals surface area contributed by atoms with Gasteiger partial charge in [-0.05, 0) is 37.3 Å². The summed E-state index contributed by atoms with van der Waals surface area (Å²) >= 11 is 4.55. The second-order valence-corrected chi connectivity index (χ2v) is 3.93. The maximum absolute atomic E-state index is 12.2. The summed E-state index contributed by atoms with van der Waals surface area (Å²) in [5.74, 6) is -1.06. The number of hydrogen-bond donors (Lipinski definition) is 1. The fraction of sp³-hybridized carbons (Fsp3) is 0.875. The largest absolute Gasteiger partial charge is 0.399 e. The summed E-state index contributed by atoms with van der Waals surface area (Å²) in [6, 6.07) is -0.203. The van der Waals surface area contributed by atoms with Crippen LogP contribution in [0.4, 0.5) is 8.78 Å². The minimum Gasteiger partial charge on any atom is -0.347 e. The van der Waals surface area contributed by atoms with Gasteiger partial charge < -0.3 is 5.32 Å². The number of nitrogens with one attached hydrogen (secondary N) is 1. The van der Waals surface area contributed by atoms with Crippen LogP contribution in [0.3, 0.4) is 0 Å². The van der Waals surface area contributed by atoms with Crippen molar-refractivity contribution in [1.29, 1.82) is 0 Å². The van der Waals surface area contributed by atoms with Crippen LogP contribution in [-0.2, 0) is 4.79 Å². The molecule has 0 bridgehead atoms. The maximum Gasteiger partial charge on any atom is 0.399 e. The molecule has 0 aromatic rings. The lowest BCUT2D eigenvalue weighted by Crippen LogP contribution is -2.46. The first-order valence-electron chi connectivity index (χ1n) is 4.29. The van der Waals surface area contributed by atoms with Crippen molar-refractivity contribution in [2.24, 2.45) is 5.92 Å². The molecule has 0 saturated heterocycles. The first-order valence-corrected chi connectivity index (χ1v) is 4.66. The smallest absolute Gasteiger partial charge is 0.347 e. The van der Waals surface area contributed by atoms with Gasteiger partial charge in [0.15, 0.2) is 0 Å². The minimum atomic E-state index is -3.78. The lowest BCUT2D eigenvalue weighted by Gasteiger charge is -2.32. The number of rotatable bonds is 3. The van der Waals surface area contributed by atoms with Crippen molar-refractivity contribution in [1.82, 2.24) is 5.32 Å². The Balaban J connectivity index is 2.35. The van der Waals surface area contributed by atoms with E-state index in [2.05, 4.69) is 16.9 Å². The van der Waals surface area contributed by atoms with Crippen molar-refractivity contribution in [3.63, 3.8) is 0 Å². The zero-order chi connectivity index (χ0) is 10.1. The van der Waals surface area contributed by atoms with E-state index in [1.807, 2.05) is 0 Å². The number of alkyl halides is 3. The van der Waals surface area contributed by atoms with Gasteiger partial charge in [0.2, 0.25) is 0 Å². The van der Waals surface area contributed by atoms with E-state index < -0.39 is 11.3 Å². The van der Waals surface area contributed by atoms with Crippen molar-refractivity contribution in [2.75, 3.05) is 0 Å². The van der Waals surface area contributed by atoms with E-state index in [1.165, 1.54) is 0 Å². The van der Waals surface area contributed by atoms with E-state index in [-0.39, 0.29) is 6.04 Å². The lowest BCUT2D eigenvalue weighted by atomic mass is 9.80. The first-order chi connectivity index (χ1) is 5.91. The van der Waals surface area contributed by atoms with Gasteiger partial charge in [0.1, 0.15) is 0 Å². The Labute approximate surface area is 80.6 Å². The molecular weight excluding hydrogens is 200 g/mol. The van der Waals surface area contributed by atoms with Crippen LogP contribution in [0.2, 0.25) is 0 Å². The SMILES string of the molecule is C[C@@H](NC(=O)C(F)(F)Cl)C1CCC1. The average molecular weight is 212 g/mol. The molecule has 1 amide bonds. The number of carbonyl (C=O) groups is 1. The topological polar surface area (TPSA) is 29.1 Å². The molecule has 0 radical (unpaired) electrons. The fourth-order valence-electron chi connectivity index (χ4n) is 1.35. The van der Waals surface area contributed by atoms with Gasteiger partial charge in [0, 0.05) is 6.04 Å². The Morgan fingerprint density at radius 3 is 2.46 bits per heavy atom. The molecule has 0 aromatic heterocycles. The van der Waals surface area contributed by atoms with Crippen molar-refractivity contribution >= 4 is 17.5 Å². The van der Waals surface area contributed by atoms with Crippen molar-refractivity contribution in [3.05, 3.63) is 0 Å². The zero-order valence-corrected chi connectivity index (χ0v) is 8.07. The third kappa shape index (κ3) is 2.79. The van der Waals surface area contributed by atoms with Gasteiger partial charge in [-0.3, -0.25) is 4.79 Å². The first kappa shape index (κ1) is 10.7. The normalized spacial score (nSPS) is 20.6. The molecule has 0 spiro atoms. The number of halogens is 3. The van der Waals surface area contributed by atoms with Crippen LogP contribution in [-0.4, -0.2) is 17.3 Å². The average Bonchev–Trinajstić information content (AvgIpc) is 1.79. The summed E-state index contributed by atoms with van der Waals surface area (Å²) < 4.78 is 24.4. The molecule has 1 N–H and O–H groups in total. The van der Waals surface area contributed by atoms with Gasteiger partial charge in [-0.2, -0.15) is 8.78 Å². The molecular formula is C8H12ClF2NO. The Morgan fingerprint density at radius 1 is 1.62 bits per heavy atom.